The van der Waals surface area contributed by atoms with Gasteiger partial charge < -0.3 is 0 Å². The molecule has 0 atom stereocenters. The van der Waals surface area contributed by atoms with Crippen LogP contribution in [0.4, 0.5) is 0 Å². The lowest BCUT2D eigenvalue weighted by Gasteiger charge is -1.94. The van der Waals surface area contributed by atoms with Crippen molar-refractivity contribution in [2.24, 2.45) is 7.05 Å². The molecule has 11 heavy (non-hydrogen) atoms. The summed E-state index contributed by atoms with van der Waals surface area (Å²) in [7, 11) is -2.49. The van der Waals surface area contributed by atoms with Gasteiger partial charge in [-0.15, -0.1) is 0 Å². The summed E-state index contributed by atoms with van der Waals surface area (Å²) < 4.78 is 31.1. The maximum atomic E-state index is 10.6. The Balaban J connectivity index is 3.38. The first-order valence-corrected chi connectivity index (χ1v) is 4.33. The predicted molar refractivity (Wildman–Crippen MR) is 37.8 cm³/mol. The molecule has 1 aromatic heterocycles. The lowest BCUT2D eigenvalue weighted by atomic mass is 10.5. The van der Waals surface area contributed by atoms with Crippen LogP contribution in [0.3, 0.4) is 0 Å². The van der Waals surface area contributed by atoms with Crippen molar-refractivity contribution in [2.75, 3.05) is 0 Å². The largest absolute Gasteiger partial charge is 0.297 e. The molecule has 0 aliphatic carbocycles. The van der Waals surface area contributed by atoms with Crippen LogP contribution >= 0.6 is 0 Å². The molecular weight excluding hydrogens is 168 g/mol. The quantitative estimate of drug-likeness (QED) is 0.610. The molecular formula is C5H8N2O3S. The van der Waals surface area contributed by atoms with Gasteiger partial charge in [0.2, 0.25) is 0 Å². The molecule has 0 saturated heterocycles. The Morgan fingerprint density at radius 2 is 2.18 bits per heavy atom. The summed E-state index contributed by atoms with van der Waals surface area (Å²) in [5.41, 5.74) is 0.424. The van der Waals surface area contributed by atoms with E-state index in [-0.39, 0.29) is 4.90 Å². The molecule has 0 aliphatic rings. The highest BCUT2D eigenvalue weighted by atomic mass is 32.2. The third-order valence-electron chi connectivity index (χ3n) is 1.47. The van der Waals surface area contributed by atoms with Crippen molar-refractivity contribution in [2.45, 2.75) is 11.8 Å². The summed E-state index contributed by atoms with van der Waals surface area (Å²) in [6.45, 7) is 1.57. The van der Waals surface area contributed by atoms with Crippen LogP contribution < -0.4 is 0 Å². The summed E-state index contributed by atoms with van der Waals surface area (Å²) in [6, 6.07) is 0. The molecule has 0 aromatic carbocycles. The molecule has 0 saturated carbocycles. The van der Waals surface area contributed by atoms with E-state index in [2.05, 4.69) is 5.10 Å². The zero-order valence-corrected chi connectivity index (χ0v) is 6.96. The molecule has 0 radical (unpaired) electrons. The summed E-state index contributed by atoms with van der Waals surface area (Å²) in [5.74, 6) is 0. The summed E-state index contributed by atoms with van der Waals surface area (Å²) in [6.07, 6.45) is 1.12. The Bertz CT molecular complexity index is 365. The van der Waals surface area contributed by atoms with E-state index in [1.165, 1.54) is 4.68 Å². The lowest BCUT2D eigenvalue weighted by molar-refractivity contribution is 0.482. The topological polar surface area (TPSA) is 72.2 Å². The van der Waals surface area contributed by atoms with Crippen molar-refractivity contribution < 1.29 is 13.0 Å². The maximum absolute atomic E-state index is 10.6. The average molecular weight is 176 g/mol. The van der Waals surface area contributed by atoms with Crippen LogP contribution in [0.25, 0.3) is 0 Å². The lowest BCUT2D eigenvalue weighted by Crippen LogP contribution is -2.00. The molecule has 0 spiro atoms. The SMILES string of the molecule is Cc1c(S(=O)(=O)O)cnn1C. The summed E-state index contributed by atoms with van der Waals surface area (Å²) >= 11 is 0. The van der Waals surface area contributed by atoms with Crippen LogP contribution in [0.1, 0.15) is 5.69 Å². The fraction of sp³-hybridized carbons (Fsp3) is 0.400. The molecule has 1 N–H and O–H groups in total. The number of rotatable bonds is 1. The first-order chi connectivity index (χ1) is 4.93. The predicted octanol–water partition coefficient (Wildman–Crippen LogP) is -0.0248. The second-order valence-corrected chi connectivity index (χ2v) is 3.58. The van der Waals surface area contributed by atoms with Crippen LogP contribution in [0.15, 0.2) is 11.1 Å². The molecule has 1 aromatic rings. The van der Waals surface area contributed by atoms with Crippen LogP contribution in [0, 0.1) is 6.92 Å². The van der Waals surface area contributed by atoms with E-state index in [1.807, 2.05) is 0 Å². The monoisotopic (exact) mass is 176 g/mol. The second-order valence-electron chi connectivity index (χ2n) is 2.19. The van der Waals surface area contributed by atoms with Gasteiger partial charge in [-0.25, -0.2) is 0 Å². The highest BCUT2D eigenvalue weighted by molar-refractivity contribution is 7.85. The molecule has 6 heteroatoms. The number of hydrogen-bond acceptors (Lipinski definition) is 3. The molecule has 0 fully saturated rings. The van der Waals surface area contributed by atoms with E-state index < -0.39 is 10.1 Å². The van der Waals surface area contributed by atoms with Gasteiger partial charge in [-0.3, -0.25) is 9.23 Å². The van der Waals surface area contributed by atoms with E-state index >= 15 is 0 Å². The normalized spacial score (nSPS) is 11.9. The van der Waals surface area contributed by atoms with Crippen molar-refractivity contribution >= 4 is 10.1 Å². The van der Waals surface area contributed by atoms with E-state index in [1.54, 1.807) is 14.0 Å². The number of hydrogen-bond donors (Lipinski definition) is 1. The third-order valence-corrected chi connectivity index (χ3v) is 2.42. The highest BCUT2D eigenvalue weighted by Gasteiger charge is 2.15. The summed E-state index contributed by atoms with van der Waals surface area (Å²) in [5, 5.41) is 3.66. The van der Waals surface area contributed by atoms with Crippen molar-refractivity contribution in [3.63, 3.8) is 0 Å². The van der Waals surface area contributed by atoms with Crippen LogP contribution in [0.5, 0.6) is 0 Å². The van der Waals surface area contributed by atoms with Gasteiger partial charge in [0.1, 0.15) is 4.90 Å². The second kappa shape index (κ2) is 2.31. The molecule has 1 rings (SSSR count). The van der Waals surface area contributed by atoms with Gasteiger partial charge in [-0.05, 0) is 6.92 Å². The van der Waals surface area contributed by atoms with Gasteiger partial charge >= 0.3 is 0 Å². The van der Waals surface area contributed by atoms with E-state index in [9.17, 15) is 8.42 Å². The summed E-state index contributed by atoms with van der Waals surface area (Å²) in [4.78, 5) is -0.139. The smallest absolute Gasteiger partial charge is 0.282 e. The minimum atomic E-state index is -4.10. The van der Waals surface area contributed by atoms with Gasteiger partial charge in [0.25, 0.3) is 10.1 Å². The van der Waals surface area contributed by atoms with Crippen LogP contribution in [-0.4, -0.2) is 22.8 Å². The first kappa shape index (κ1) is 8.22. The van der Waals surface area contributed by atoms with Crippen LogP contribution in [0.2, 0.25) is 0 Å². The molecule has 0 aliphatic heterocycles. The Morgan fingerprint density at radius 3 is 2.36 bits per heavy atom. The molecule has 0 amide bonds. The van der Waals surface area contributed by atoms with Crippen molar-refractivity contribution in [3.05, 3.63) is 11.9 Å². The number of aromatic nitrogens is 2. The van der Waals surface area contributed by atoms with Crippen molar-refractivity contribution in [1.82, 2.24) is 9.78 Å². The Kier molecular flexibility index (Phi) is 1.73. The number of aryl methyl sites for hydroxylation is 1. The van der Waals surface area contributed by atoms with E-state index in [0.29, 0.717) is 5.69 Å². The van der Waals surface area contributed by atoms with E-state index in [0.717, 1.165) is 6.20 Å². The number of nitrogens with zero attached hydrogens (tertiary/aromatic N) is 2. The standard InChI is InChI=1S/C5H8N2O3S/c1-4-5(11(8,9)10)3-6-7(4)2/h3H,1-2H3,(H,8,9,10). The Labute approximate surface area is 64.4 Å². The fourth-order valence-electron chi connectivity index (χ4n) is 0.732. The molecule has 0 unspecified atom stereocenters. The maximum Gasteiger partial charge on any atom is 0.297 e. The van der Waals surface area contributed by atoms with Gasteiger partial charge in [-0.1, -0.05) is 0 Å². The zero-order chi connectivity index (χ0) is 8.65. The van der Waals surface area contributed by atoms with Crippen molar-refractivity contribution in [3.8, 4) is 0 Å². The van der Waals surface area contributed by atoms with Gasteiger partial charge in [0, 0.05) is 7.05 Å². The zero-order valence-electron chi connectivity index (χ0n) is 6.14. The molecule has 62 valence electrons. The van der Waals surface area contributed by atoms with E-state index in [4.69, 9.17) is 4.55 Å². The third kappa shape index (κ3) is 1.41. The Morgan fingerprint density at radius 1 is 1.64 bits per heavy atom. The average Bonchev–Trinajstić information content (AvgIpc) is 2.11. The molecule has 1 heterocycles. The molecule has 5 nitrogen and oxygen atoms in total. The Hall–Kier alpha value is -0.880. The minimum Gasteiger partial charge on any atom is -0.282 e. The highest BCUT2D eigenvalue weighted by Crippen LogP contribution is 2.11. The van der Waals surface area contributed by atoms with Crippen LogP contribution in [-0.2, 0) is 17.2 Å². The molecule has 0 bridgehead atoms. The van der Waals surface area contributed by atoms with Crippen molar-refractivity contribution in [1.29, 1.82) is 0 Å². The van der Waals surface area contributed by atoms with Gasteiger partial charge in [0.15, 0.2) is 0 Å². The fourth-order valence-corrected chi connectivity index (χ4v) is 1.42. The van der Waals surface area contributed by atoms with Gasteiger partial charge in [0.05, 0.1) is 11.9 Å². The first-order valence-electron chi connectivity index (χ1n) is 2.89. The minimum absolute atomic E-state index is 0.139. The van der Waals surface area contributed by atoms with Gasteiger partial charge in [-0.2, -0.15) is 13.5 Å².